The third-order valence-electron chi connectivity index (χ3n) is 5.93. The van der Waals surface area contributed by atoms with Crippen molar-refractivity contribution in [3.8, 4) is 0 Å². The van der Waals surface area contributed by atoms with E-state index in [1.54, 1.807) is 0 Å². The number of carbonyl (C=O) groups is 1. The molecule has 142 valence electrons. The van der Waals surface area contributed by atoms with Crippen LogP contribution < -0.4 is 0 Å². The highest BCUT2D eigenvalue weighted by molar-refractivity contribution is 5.66. The summed E-state index contributed by atoms with van der Waals surface area (Å²) in [6, 6.07) is 0. The normalized spacial score (nSPS) is 38.6. The van der Waals surface area contributed by atoms with E-state index in [0.29, 0.717) is 11.8 Å². The quantitative estimate of drug-likeness (QED) is 0.482. The molecule has 0 saturated carbocycles. The van der Waals surface area contributed by atoms with E-state index in [9.17, 15) is 4.79 Å². The van der Waals surface area contributed by atoms with Crippen LogP contribution in [0.25, 0.3) is 0 Å². The van der Waals surface area contributed by atoms with Gasteiger partial charge in [0, 0.05) is 6.92 Å². The number of carbonyl (C=O) groups excluding carboxylic acids is 1. The van der Waals surface area contributed by atoms with Crippen LogP contribution >= 0.6 is 0 Å². The Morgan fingerprint density at radius 3 is 2.60 bits per heavy atom. The van der Waals surface area contributed by atoms with Gasteiger partial charge in [0.2, 0.25) is 0 Å². The molecule has 0 radical (unpaired) electrons. The van der Waals surface area contributed by atoms with Crippen molar-refractivity contribution >= 4 is 5.97 Å². The largest absolute Gasteiger partial charge is 0.459 e. The highest BCUT2D eigenvalue weighted by Gasteiger charge is 2.45. The maximum atomic E-state index is 11.7. The lowest BCUT2D eigenvalue weighted by molar-refractivity contribution is -0.201. The van der Waals surface area contributed by atoms with Crippen molar-refractivity contribution in [2.75, 3.05) is 0 Å². The van der Waals surface area contributed by atoms with Gasteiger partial charge in [-0.3, -0.25) is 4.79 Å². The molecule has 2 bridgehead atoms. The summed E-state index contributed by atoms with van der Waals surface area (Å²) >= 11 is 0. The molecule has 1 fully saturated rings. The molecule has 2 aliphatic rings. The third kappa shape index (κ3) is 5.44. The second kappa shape index (κ2) is 8.53. The van der Waals surface area contributed by atoms with Crippen LogP contribution in [0.15, 0.2) is 23.3 Å². The lowest BCUT2D eigenvalue weighted by atomic mass is 9.76. The van der Waals surface area contributed by atoms with Gasteiger partial charge in [0.1, 0.15) is 11.7 Å². The second-order valence-electron chi connectivity index (χ2n) is 8.58. The van der Waals surface area contributed by atoms with E-state index in [2.05, 4.69) is 46.8 Å². The van der Waals surface area contributed by atoms with Crippen LogP contribution in [-0.4, -0.2) is 23.8 Å². The van der Waals surface area contributed by atoms with Gasteiger partial charge in [-0.2, -0.15) is 0 Å². The average Bonchev–Trinajstić information content (AvgIpc) is 2.49. The van der Waals surface area contributed by atoms with Crippen LogP contribution in [0.1, 0.15) is 80.1 Å². The fourth-order valence-corrected chi connectivity index (χ4v) is 4.24. The minimum Gasteiger partial charge on any atom is -0.459 e. The van der Waals surface area contributed by atoms with Crippen LogP contribution in [0.3, 0.4) is 0 Å². The number of allylic oxidation sites excluding steroid dienone is 3. The number of fused-ring (bicyclic) bond motifs is 2. The minimum absolute atomic E-state index is 0.112. The molecule has 0 unspecified atom stereocenters. The zero-order valence-electron chi connectivity index (χ0n) is 16.9. The predicted octanol–water partition coefficient (Wildman–Crippen LogP) is 5.59. The standard InChI is InChI=1S/C22H36O3/c1-15(2)19-12-13-22(6)21(24-18(5)23)11-10-16(3)8-7-9-17(4)14-20(19)25-22/h8,14-15,19-21H,7,9-13H2,1-6H3/b16-8-,17-14+/t19-,20+,21+,22+/m1/s1. The Balaban J connectivity index is 2.35. The van der Waals surface area contributed by atoms with Crippen LogP contribution in [0.4, 0.5) is 0 Å². The number of hydrogen-bond acceptors (Lipinski definition) is 3. The van der Waals surface area contributed by atoms with Crippen LogP contribution in [0.5, 0.6) is 0 Å². The lowest BCUT2D eigenvalue weighted by Crippen LogP contribution is -2.52. The molecule has 0 aromatic rings. The Labute approximate surface area is 153 Å². The first-order valence-corrected chi connectivity index (χ1v) is 9.89. The summed E-state index contributed by atoms with van der Waals surface area (Å²) in [5.74, 6) is 0.903. The van der Waals surface area contributed by atoms with Crippen molar-refractivity contribution < 1.29 is 14.3 Å². The molecule has 25 heavy (non-hydrogen) atoms. The molecule has 3 nitrogen and oxygen atoms in total. The van der Waals surface area contributed by atoms with Crippen molar-refractivity contribution in [1.29, 1.82) is 0 Å². The van der Waals surface area contributed by atoms with Crippen molar-refractivity contribution in [2.45, 2.75) is 97.9 Å². The van der Waals surface area contributed by atoms with Gasteiger partial charge in [0.05, 0.1) is 6.10 Å². The number of hydrogen-bond donors (Lipinski definition) is 0. The van der Waals surface area contributed by atoms with Crippen molar-refractivity contribution in [1.82, 2.24) is 0 Å². The lowest BCUT2D eigenvalue weighted by Gasteiger charge is -2.47. The van der Waals surface area contributed by atoms with E-state index in [-0.39, 0.29) is 18.2 Å². The van der Waals surface area contributed by atoms with Crippen LogP contribution in [0, 0.1) is 11.8 Å². The summed E-state index contributed by atoms with van der Waals surface area (Å²) in [5, 5.41) is 0. The summed E-state index contributed by atoms with van der Waals surface area (Å²) < 4.78 is 12.4. The van der Waals surface area contributed by atoms with E-state index >= 15 is 0 Å². The predicted molar refractivity (Wildman–Crippen MR) is 102 cm³/mol. The molecular weight excluding hydrogens is 312 g/mol. The van der Waals surface area contributed by atoms with Gasteiger partial charge in [0.25, 0.3) is 0 Å². The summed E-state index contributed by atoms with van der Waals surface area (Å²) in [6.07, 6.45) is 10.6. The van der Waals surface area contributed by atoms with Gasteiger partial charge in [-0.25, -0.2) is 0 Å². The van der Waals surface area contributed by atoms with Gasteiger partial charge < -0.3 is 9.47 Å². The number of ether oxygens (including phenoxy) is 2. The van der Waals surface area contributed by atoms with Crippen LogP contribution in [0.2, 0.25) is 0 Å². The maximum absolute atomic E-state index is 11.7. The molecule has 2 heterocycles. The molecule has 0 aromatic heterocycles. The van der Waals surface area contributed by atoms with Crippen molar-refractivity contribution in [2.24, 2.45) is 11.8 Å². The zero-order chi connectivity index (χ0) is 18.6. The smallest absolute Gasteiger partial charge is 0.303 e. The maximum Gasteiger partial charge on any atom is 0.303 e. The monoisotopic (exact) mass is 348 g/mol. The molecule has 3 heteroatoms. The Morgan fingerprint density at radius 1 is 1.24 bits per heavy atom. The van der Waals surface area contributed by atoms with E-state index in [0.717, 1.165) is 38.5 Å². The molecule has 2 rings (SSSR count). The SMILES string of the molecule is CC(=O)O[C@H]1CC/C(C)=C\CC/C(C)=C/[C@@H]2O[C@@]1(C)CC[C@@H]2C(C)C. The number of esters is 1. The van der Waals surface area contributed by atoms with Gasteiger partial charge >= 0.3 is 5.97 Å². The Hall–Kier alpha value is -1.09. The molecule has 4 atom stereocenters. The molecule has 1 saturated heterocycles. The third-order valence-corrected chi connectivity index (χ3v) is 5.93. The van der Waals surface area contributed by atoms with E-state index < -0.39 is 5.60 Å². The van der Waals surface area contributed by atoms with Gasteiger partial charge in [-0.05, 0) is 71.1 Å². The van der Waals surface area contributed by atoms with E-state index in [4.69, 9.17) is 9.47 Å². The summed E-state index contributed by atoms with van der Waals surface area (Å²) in [6.45, 7) is 12.6. The molecule has 0 aliphatic carbocycles. The fraction of sp³-hybridized carbons (Fsp3) is 0.773. The highest BCUT2D eigenvalue weighted by atomic mass is 16.6. The molecule has 0 amide bonds. The Kier molecular flexibility index (Phi) is 6.90. The minimum atomic E-state index is -0.405. The van der Waals surface area contributed by atoms with E-state index in [1.807, 2.05) is 0 Å². The highest BCUT2D eigenvalue weighted by Crippen LogP contribution is 2.41. The summed E-state index contributed by atoms with van der Waals surface area (Å²) in [4.78, 5) is 11.7. The summed E-state index contributed by atoms with van der Waals surface area (Å²) in [5.41, 5.74) is 2.37. The zero-order valence-corrected chi connectivity index (χ0v) is 16.9. The second-order valence-corrected chi connectivity index (χ2v) is 8.58. The van der Waals surface area contributed by atoms with Gasteiger partial charge in [0.15, 0.2) is 0 Å². The molecule has 2 aliphatic heterocycles. The van der Waals surface area contributed by atoms with Gasteiger partial charge in [-0.1, -0.05) is 37.1 Å². The van der Waals surface area contributed by atoms with Crippen LogP contribution in [-0.2, 0) is 14.3 Å². The average molecular weight is 349 g/mol. The molecule has 0 N–H and O–H groups in total. The van der Waals surface area contributed by atoms with Crippen molar-refractivity contribution in [3.05, 3.63) is 23.3 Å². The van der Waals surface area contributed by atoms with Gasteiger partial charge in [-0.15, -0.1) is 0 Å². The molecular formula is C22H36O3. The fourth-order valence-electron chi connectivity index (χ4n) is 4.24. The first-order chi connectivity index (χ1) is 11.7. The molecule has 0 aromatic carbocycles. The first-order valence-electron chi connectivity index (χ1n) is 9.89. The molecule has 0 spiro atoms. The Bertz CT molecular complexity index is 531. The van der Waals surface area contributed by atoms with E-state index in [1.165, 1.54) is 18.1 Å². The summed E-state index contributed by atoms with van der Waals surface area (Å²) in [7, 11) is 0. The number of rotatable bonds is 2. The first kappa shape index (κ1) is 20.2. The topological polar surface area (TPSA) is 35.5 Å². The Morgan fingerprint density at radius 2 is 1.96 bits per heavy atom. The van der Waals surface area contributed by atoms with Crippen molar-refractivity contribution in [3.63, 3.8) is 0 Å².